The van der Waals surface area contributed by atoms with E-state index < -0.39 is 0 Å². The lowest BCUT2D eigenvalue weighted by atomic mass is 10.2. The summed E-state index contributed by atoms with van der Waals surface area (Å²) in [5.74, 6) is 0. The van der Waals surface area contributed by atoms with Crippen molar-refractivity contribution in [3.63, 3.8) is 0 Å². The molecule has 11 heavy (non-hydrogen) atoms. The van der Waals surface area contributed by atoms with Gasteiger partial charge in [0.25, 0.3) is 0 Å². The Bertz CT molecular complexity index is 169. The molecule has 2 saturated heterocycles. The van der Waals surface area contributed by atoms with Crippen LogP contribution in [0.5, 0.6) is 0 Å². The lowest BCUT2D eigenvalue weighted by Crippen LogP contribution is -2.30. The molecule has 0 spiro atoms. The Hall–Kier alpha value is -0.340. The lowest BCUT2D eigenvalue weighted by molar-refractivity contribution is 0.170. The highest BCUT2D eigenvalue weighted by atomic mass is 16.6. The average Bonchev–Trinajstić information content (AvgIpc) is 2.68. The van der Waals surface area contributed by atoms with E-state index in [1.807, 2.05) is 6.08 Å². The van der Waals surface area contributed by atoms with Crippen LogP contribution in [0.25, 0.3) is 0 Å². The lowest BCUT2D eigenvalue weighted by Gasteiger charge is -2.17. The number of nitrogens with zero attached hydrogens (tertiary/aromatic N) is 1. The van der Waals surface area contributed by atoms with Crippen LogP contribution in [-0.2, 0) is 4.74 Å². The van der Waals surface area contributed by atoms with Gasteiger partial charge in [0.05, 0.1) is 0 Å². The molecule has 0 aliphatic carbocycles. The van der Waals surface area contributed by atoms with E-state index in [1.54, 1.807) is 0 Å². The summed E-state index contributed by atoms with van der Waals surface area (Å²) in [5, 5.41) is 0. The Morgan fingerprint density at radius 3 is 2.91 bits per heavy atom. The SMILES string of the molecule is C=CC1OC1N1CCCC1C. The van der Waals surface area contributed by atoms with Gasteiger partial charge in [-0.1, -0.05) is 6.08 Å². The van der Waals surface area contributed by atoms with E-state index in [4.69, 9.17) is 4.74 Å². The van der Waals surface area contributed by atoms with Crippen LogP contribution in [-0.4, -0.2) is 29.8 Å². The van der Waals surface area contributed by atoms with Crippen molar-refractivity contribution in [3.8, 4) is 0 Å². The molecule has 3 atom stereocenters. The highest BCUT2D eigenvalue weighted by Crippen LogP contribution is 2.32. The molecule has 2 heterocycles. The normalized spacial score (nSPS) is 44.3. The van der Waals surface area contributed by atoms with Crippen molar-refractivity contribution in [2.45, 2.75) is 38.1 Å². The fourth-order valence-electron chi connectivity index (χ4n) is 1.89. The molecule has 2 nitrogen and oxygen atoms in total. The maximum Gasteiger partial charge on any atom is 0.142 e. The number of hydrogen-bond acceptors (Lipinski definition) is 2. The minimum Gasteiger partial charge on any atom is -0.349 e. The van der Waals surface area contributed by atoms with Crippen molar-refractivity contribution in [3.05, 3.63) is 12.7 Å². The van der Waals surface area contributed by atoms with Gasteiger partial charge in [0.2, 0.25) is 0 Å². The molecular formula is C9H15NO. The van der Waals surface area contributed by atoms with Crippen LogP contribution < -0.4 is 0 Å². The third-order valence-corrected chi connectivity index (χ3v) is 2.66. The molecule has 2 heteroatoms. The van der Waals surface area contributed by atoms with E-state index in [0.717, 1.165) is 0 Å². The molecule has 0 amide bonds. The third kappa shape index (κ3) is 1.21. The molecule has 2 rings (SSSR count). The number of likely N-dealkylation sites (tertiary alicyclic amines) is 1. The van der Waals surface area contributed by atoms with E-state index in [2.05, 4.69) is 18.4 Å². The van der Waals surface area contributed by atoms with Gasteiger partial charge < -0.3 is 4.74 Å². The molecule has 0 N–H and O–H groups in total. The van der Waals surface area contributed by atoms with Crippen LogP contribution >= 0.6 is 0 Å². The number of ether oxygens (including phenoxy) is 1. The van der Waals surface area contributed by atoms with Crippen LogP contribution in [0.4, 0.5) is 0 Å². The smallest absolute Gasteiger partial charge is 0.142 e. The predicted molar refractivity (Wildman–Crippen MR) is 44.3 cm³/mol. The first-order valence-electron chi connectivity index (χ1n) is 4.36. The number of rotatable bonds is 2. The summed E-state index contributed by atoms with van der Waals surface area (Å²) in [7, 11) is 0. The average molecular weight is 153 g/mol. The maximum atomic E-state index is 5.43. The summed E-state index contributed by atoms with van der Waals surface area (Å²) < 4.78 is 5.43. The van der Waals surface area contributed by atoms with Crippen molar-refractivity contribution in [1.82, 2.24) is 4.90 Å². The molecule has 0 aromatic rings. The monoisotopic (exact) mass is 153 g/mol. The van der Waals surface area contributed by atoms with Gasteiger partial charge in [-0.2, -0.15) is 0 Å². The van der Waals surface area contributed by atoms with Crippen LogP contribution in [0, 0.1) is 0 Å². The van der Waals surface area contributed by atoms with Crippen LogP contribution in [0.3, 0.4) is 0 Å². The Balaban J connectivity index is 1.91. The van der Waals surface area contributed by atoms with Crippen LogP contribution in [0.1, 0.15) is 19.8 Å². The van der Waals surface area contributed by atoms with Gasteiger partial charge in [0.15, 0.2) is 0 Å². The van der Waals surface area contributed by atoms with Gasteiger partial charge in [-0.05, 0) is 19.8 Å². The van der Waals surface area contributed by atoms with Gasteiger partial charge in [-0.25, -0.2) is 0 Å². The van der Waals surface area contributed by atoms with E-state index in [1.165, 1.54) is 19.4 Å². The molecule has 2 fully saturated rings. The Morgan fingerprint density at radius 2 is 2.45 bits per heavy atom. The molecule has 0 aromatic carbocycles. The van der Waals surface area contributed by atoms with E-state index in [-0.39, 0.29) is 0 Å². The van der Waals surface area contributed by atoms with Crippen molar-refractivity contribution >= 4 is 0 Å². The second-order valence-corrected chi connectivity index (χ2v) is 3.46. The first-order valence-corrected chi connectivity index (χ1v) is 4.36. The molecule has 2 aliphatic rings. The maximum absolute atomic E-state index is 5.43. The van der Waals surface area contributed by atoms with Crippen LogP contribution in [0.2, 0.25) is 0 Å². The van der Waals surface area contributed by atoms with Crippen molar-refractivity contribution in [1.29, 1.82) is 0 Å². The van der Waals surface area contributed by atoms with Gasteiger partial charge in [0, 0.05) is 12.6 Å². The standard InChI is InChI=1S/C9H15NO/c1-3-8-9(11-8)10-6-4-5-7(10)2/h3,7-9H,1,4-6H2,2H3. The first kappa shape index (κ1) is 7.32. The van der Waals surface area contributed by atoms with Gasteiger partial charge in [0.1, 0.15) is 12.3 Å². The zero-order valence-electron chi connectivity index (χ0n) is 6.99. The number of hydrogen-bond donors (Lipinski definition) is 0. The highest BCUT2D eigenvalue weighted by molar-refractivity contribution is 4.99. The Labute approximate surface area is 67.8 Å². The second kappa shape index (κ2) is 2.61. The quantitative estimate of drug-likeness (QED) is 0.440. The Kier molecular flexibility index (Phi) is 1.74. The Morgan fingerprint density at radius 1 is 1.64 bits per heavy atom. The zero-order valence-corrected chi connectivity index (χ0v) is 6.99. The molecule has 0 bridgehead atoms. The number of epoxide rings is 1. The highest BCUT2D eigenvalue weighted by Gasteiger charge is 2.44. The molecule has 2 aliphatic heterocycles. The fourth-order valence-corrected chi connectivity index (χ4v) is 1.89. The van der Waals surface area contributed by atoms with Gasteiger partial charge in [-0.3, -0.25) is 4.90 Å². The third-order valence-electron chi connectivity index (χ3n) is 2.66. The molecule has 0 aromatic heterocycles. The van der Waals surface area contributed by atoms with Crippen molar-refractivity contribution < 1.29 is 4.74 Å². The van der Waals surface area contributed by atoms with Crippen molar-refractivity contribution in [2.24, 2.45) is 0 Å². The van der Waals surface area contributed by atoms with Gasteiger partial charge in [-0.15, -0.1) is 6.58 Å². The summed E-state index contributed by atoms with van der Waals surface area (Å²) >= 11 is 0. The van der Waals surface area contributed by atoms with E-state index >= 15 is 0 Å². The first-order chi connectivity index (χ1) is 5.33. The molecule has 62 valence electrons. The van der Waals surface area contributed by atoms with Gasteiger partial charge >= 0.3 is 0 Å². The molecule has 3 unspecified atom stereocenters. The molecule has 0 saturated carbocycles. The molecule has 0 radical (unpaired) electrons. The summed E-state index contributed by atoms with van der Waals surface area (Å²) in [4.78, 5) is 2.44. The summed E-state index contributed by atoms with van der Waals surface area (Å²) in [6.45, 7) is 7.19. The zero-order chi connectivity index (χ0) is 7.84. The summed E-state index contributed by atoms with van der Waals surface area (Å²) in [6, 6.07) is 0.713. The second-order valence-electron chi connectivity index (χ2n) is 3.46. The minimum absolute atomic E-state index is 0.315. The largest absolute Gasteiger partial charge is 0.349 e. The van der Waals surface area contributed by atoms with E-state index in [9.17, 15) is 0 Å². The fraction of sp³-hybridized carbons (Fsp3) is 0.778. The summed E-state index contributed by atoms with van der Waals surface area (Å²) in [6.07, 6.45) is 5.23. The van der Waals surface area contributed by atoms with Crippen molar-refractivity contribution in [2.75, 3.05) is 6.54 Å². The topological polar surface area (TPSA) is 15.8 Å². The predicted octanol–water partition coefficient (Wildman–Crippen LogP) is 1.38. The van der Waals surface area contributed by atoms with E-state index in [0.29, 0.717) is 18.4 Å². The summed E-state index contributed by atoms with van der Waals surface area (Å²) in [5.41, 5.74) is 0. The van der Waals surface area contributed by atoms with Crippen LogP contribution in [0.15, 0.2) is 12.7 Å². The minimum atomic E-state index is 0.315. The molecular weight excluding hydrogens is 138 g/mol.